The molecule has 3 nitrogen and oxygen atoms in total. The molecular formula is C14H14FNO2. The third-order valence-electron chi connectivity index (χ3n) is 2.40. The lowest BCUT2D eigenvalue weighted by atomic mass is 10.1. The highest BCUT2D eigenvalue weighted by molar-refractivity contribution is 5.65. The molecule has 0 fully saturated rings. The predicted octanol–water partition coefficient (Wildman–Crippen LogP) is 3.38. The Morgan fingerprint density at radius 2 is 2.00 bits per heavy atom. The van der Waals surface area contributed by atoms with Crippen molar-refractivity contribution in [3.8, 4) is 22.6 Å². The number of phenolic OH excluding ortho intramolecular Hbond substituents is 1. The summed E-state index contributed by atoms with van der Waals surface area (Å²) in [5.41, 5.74) is 1.28. The summed E-state index contributed by atoms with van der Waals surface area (Å²) in [6, 6.07) is 5.68. The number of phenols is 1. The monoisotopic (exact) mass is 247 g/mol. The molecule has 1 aromatic heterocycles. The molecule has 94 valence electrons. The molecule has 0 amide bonds. The Morgan fingerprint density at radius 1 is 1.17 bits per heavy atom. The predicted molar refractivity (Wildman–Crippen MR) is 67.1 cm³/mol. The minimum absolute atomic E-state index is 0.107. The van der Waals surface area contributed by atoms with Gasteiger partial charge in [0, 0.05) is 17.8 Å². The fourth-order valence-electron chi connectivity index (χ4n) is 1.62. The normalized spacial score (nSPS) is 10.3. The van der Waals surface area contributed by atoms with E-state index in [9.17, 15) is 9.50 Å². The molecule has 0 aliphatic heterocycles. The van der Waals surface area contributed by atoms with E-state index in [1.807, 2.05) is 6.92 Å². The fraction of sp³-hybridized carbons (Fsp3) is 0.214. The largest absolute Gasteiger partial charge is 0.508 e. The number of aromatic nitrogens is 1. The van der Waals surface area contributed by atoms with Gasteiger partial charge in [0.2, 0.25) is 0 Å². The molecule has 0 spiro atoms. The van der Waals surface area contributed by atoms with Crippen LogP contribution in [-0.2, 0) is 0 Å². The number of hydrogen-bond donors (Lipinski definition) is 1. The molecule has 1 heterocycles. The molecule has 1 N–H and O–H groups in total. The maximum atomic E-state index is 13.2. The number of ether oxygens (including phenoxy) is 1. The molecule has 18 heavy (non-hydrogen) atoms. The lowest BCUT2D eigenvalue weighted by molar-refractivity contribution is 0.316. The molecule has 0 aliphatic rings. The summed E-state index contributed by atoms with van der Waals surface area (Å²) in [5, 5.41) is 9.37. The summed E-state index contributed by atoms with van der Waals surface area (Å²) in [4.78, 5) is 4.04. The van der Waals surface area contributed by atoms with Gasteiger partial charge < -0.3 is 9.84 Å². The van der Waals surface area contributed by atoms with E-state index >= 15 is 0 Å². The van der Waals surface area contributed by atoms with E-state index in [1.165, 1.54) is 12.1 Å². The third-order valence-corrected chi connectivity index (χ3v) is 2.40. The van der Waals surface area contributed by atoms with Crippen molar-refractivity contribution < 1.29 is 14.2 Å². The quantitative estimate of drug-likeness (QED) is 0.900. The molecule has 0 aliphatic carbocycles. The zero-order chi connectivity index (χ0) is 13.0. The molecule has 0 saturated heterocycles. The Balaban J connectivity index is 2.32. The molecule has 1 aromatic carbocycles. The number of rotatable bonds is 4. The third kappa shape index (κ3) is 2.97. The van der Waals surface area contributed by atoms with E-state index in [2.05, 4.69) is 4.98 Å². The van der Waals surface area contributed by atoms with Crippen molar-refractivity contribution in [3.63, 3.8) is 0 Å². The number of pyridine rings is 1. The molecule has 0 radical (unpaired) electrons. The standard InChI is InChI=1S/C14H14FNO2/c1-2-3-18-14-6-11(8-16-9-14)10-4-12(15)7-13(17)5-10/h4-9,17H,2-3H2,1H3. The van der Waals surface area contributed by atoms with Gasteiger partial charge in [0.05, 0.1) is 12.8 Å². The second-order valence-electron chi connectivity index (χ2n) is 3.96. The van der Waals surface area contributed by atoms with Crippen molar-refractivity contribution in [2.75, 3.05) is 6.61 Å². The number of benzene rings is 1. The van der Waals surface area contributed by atoms with Crippen molar-refractivity contribution in [2.24, 2.45) is 0 Å². The summed E-state index contributed by atoms with van der Waals surface area (Å²) in [6.07, 6.45) is 4.12. The molecule has 4 heteroatoms. The van der Waals surface area contributed by atoms with Crippen LogP contribution < -0.4 is 4.74 Å². The van der Waals surface area contributed by atoms with Crippen LogP contribution in [-0.4, -0.2) is 16.7 Å². The summed E-state index contributed by atoms with van der Waals surface area (Å²) in [5.74, 6) is 0.0489. The molecule has 2 rings (SSSR count). The summed E-state index contributed by atoms with van der Waals surface area (Å²) < 4.78 is 18.7. The van der Waals surface area contributed by atoms with Gasteiger partial charge in [-0.2, -0.15) is 0 Å². The highest BCUT2D eigenvalue weighted by Crippen LogP contribution is 2.26. The van der Waals surface area contributed by atoms with Crippen LogP contribution in [0.25, 0.3) is 11.1 Å². The maximum Gasteiger partial charge on any atom is 0.138 e. The van der Waals surface area contributed by atoms with E-state index in [0.717, 1.165) is 12.5 Å². The summed E-state index contributed by atoms with van der Waals surface area (Å²) in [7, 11) is 0. The smallest absolute Gasteiger partial charge is 0.138 e. The van der Waals surface area contributed by atoms with E-state index < -0.39 is 5.82 Å². The van der Waals surface area contributed by atoms with E-state index in [4.69, 9.17) is 4.74 Å². The Kier molecular flexibility index (Phi) is 3.77. The summed E-state index contributed by atoms with van der Waals surface area (Å²) in [6.45, 7) is 2.63. The number of aromatic hydroxyl groups is 1. The second-order valence-corrected chi connectivity index (χ2v) is 3.96. The minimum Gasteiger partial charge on any atom is -0.508 e. The topological polar surface area (TPSA) is 42.4 Å². The second kappa shape index (κ2) is 5.49. The lowest BCUT2D eigenvalue weighted by Gasteiger charge is -2.07. The molecule has 2 aromatic rings. The molecule has 0 bridgehead atoms. The van der Waals surface area contributed by atoms with Gasteiger partial charge in [-0.3, -0.25) is 4.98 Å². The first kappa shape index (κ1) is 12.4. The lowest BCUT2D eigenvalue weighted by Crippen LogP contribution is -1.95. The van der Waals surface area contributed by atoms with Crippen molar-refractivity contribution in [3.05, 3.63) is 42.5 Å². The van der Waals surface area contributed by atoms with E-state index in [0.29, 0.717) is 23.5 Å². The number of nitrogens with zero attached hydrogens (tertiary/aromatic N) is 1. The van der Waals surface area contributed by atoms with E-state index in [-0.39, 0.29) is 5.75 Å². The number of halogens is 1. The highest BCUT2D eigenvalue weighted by Gasteiger charge is 2.04. The SMILES string of the molecule is CCCOc1cncc(-c2cc(O)cc(F)c2)c1. The Labute approximate surface area is 105 Å². The van der Waals surface area contributed by atoms with Crippen LogP contribution >= 0.6 is 0 Å². The average molecular weight is 247 g/mol. The first-order valence-electron chi connectivity index (χ1n) is 5.77. The van der Waals surface area contributed by atoms with Crippen LogP contribution in [0.4, 0.5) is 4.39 Å². The van der Waals surface area contributed by atoms with Crippen molar-refractivity contribution >= 4 is 0 Å². The first-order valence-corrected chi connectivity index (χ1v) is 5.77. The summed E-state index contributed by atoms with van der Waals surface area (Å²) >= 11 is 0. The van der Waals surface area contributed by atoms with Crippen LogP contribution in [0.2, 0.25) is 0 Å². The van der Waals surface area contributed by atoms with Gasteiger partial charge in [-0.1, -0.05) is 6.92 Å². The average Bonchev–Trinajstić information content (AvgIpc) is 2.35. The van der Waals surface area contributed by atoms with Gasteiger partial charge in [-0.05, 0) is 30.2 Å². The molecule has 0 atom stereocenters. The van der Waals surface area contributed by atoms with Crippen LogP contribution in [0.1, 0.15) is 13.3 Å². The molecule has 0 saturated carbocycles. The van der Waals surface area contributed by atoms with Gasteiger partial charge >= 0.3 is 0 Å². The first-order chi connectivity index (χ1) is 8.69. The van der Waals surface area contributed by atoms with E-state index in [1.54, 1.807) is 18.5 Å². The van der Waals surface area contributed by atoms with Crippen LogP contribution in [0.15, 0.2) is 36.7 Å². The minimum atomic E-state index is -0.482. The molecule has 0 unspecified atom stereocenters. The Hall–Kier alpha value is -2.10. The molecular weight excluding hydrogens is 233 g/mol. The van der Waals surface area contributed by atoms with Crippen LogP contribution in [0.3, 0.4) is 0 Å². The van der Waals surface area contributed by atoms with Crippen molar-refractivity contribution in [2.45, 2.75) is 13.3 Å². The van der Waals surface area contributed by atoms with Gasteiger partial charge in [-0.15, -0.1) is 0 Å². The fourth-order valence-corrected chi connectivity index (χ4v) is 1.62. The van der Waals surface area contributed by atoms with Gasteiger partial charge in [-0.25, -0.2) is 4.39 Å². The number of hydrogen-bond acceptors (Lipinski definition) is 3. The Bertz CT molecular complexity index is 523. The van der Waals surface area contributed by atoms with Crippen molar-refractivity contribution in [1.29, 1.82) is 0 Å². The van der Waals surface area contributed by atoms with Gasteiger partial charge in [0.15, 0.2) is 0 Å². The van der Waals surface area contributed by atoms with Gasteiger partial charge in [0.1, 0.15) is 17.3 Å². The van der Waals surface area contributed by atoms with Crippen molar-refractivity contribution in [1.82, 2.24) is 4.98 Å². The highest BCUT2D eigenvalue weighted by atomic mass is 19.1. The Morgan fingerprint density at radius 3 is 2.72 bits per heavy atom. The zero-order valence-corrected chi connectivity index (χ0v) is 10.1. The zero-order valence-electron chi connectivity index (χ0n) is 10.1. The van der Waals surface area contributed by atoms with Crippen LogP contribution in [0, 0.1) is 5.82 Å². The maximum absolute atomic E-state index is 13.2. The van der Waals surface area contributed by atoms with Crippen LogP contribution in [0.5, 0.6) is 11.5 Å². The van der Waals surface area contributed by atoms with Gasteiger partial charge in [0.25, 0.3) is 0 Å².